The van der Waals surface area contributed by atoms with Crippen molar-refractivity contribution < 1.29 is 4.79 Å². The molecule has 112 valence electrons. The topological polar surface area (TPSA) is 46.9 Å². The summed E-state index contributed by atoms with van der Waals surface area (Å²) in [7, 11) is 0. The van der Waals surface area contributed by atoms with Gasteiger partial charge in [0, 0.05) is 31.0 Å². The van der Waals surface area contributed by atoms with Crippen LogP contribution in [-0.2, 0) is 13.0 Å². The number of nitrogens with one attached hydrogen (secondary N) is 1. The van der Waals surface area contributed by atoms with Gasteiger partial charge >= 0.3 is 0 Å². The Kier molecular flexibility index (Phi) is 6.00. The molecule has 1 aromatic heterocycles. The van der Waals surface area contributed by atoms with Crippen LogP contribution in [0.25, 0.3) is 0 Å². The normalized spacial score (nSPS) is 10.5. The van der Waals surface area contributed by atoms with Gasteiger partial charge in [-0.25, -0.2) is 4.98 Å². The average Bonchev–Trinajstić information content (AvgIpc) is 3.03. The fraction of sp³-hybridized carbons (Fsp3) is 0.412. The Hall–Kier alpha value is -2.10. The van der Waals surface area contributed by atoms with Crippen LogP contribution >= 0.6 is 0 Å². The molecule has 1 N–H and O–H groups in total. The third kappa shape index (κ3) is 5.06. The van der Waals surface area contributed by atoms with Crippen molar-refractivity contribution in [3.05, 3.63) is 54.1 Å². The lowest BCUT2D eigenvalue weighted by Gasteiger charge is -2.07. The molecule has 0 bridgehead atoms. The van der Waals surface area contributed by atoms with Crippen LogP contribution in [0.2, 0.25) is 0 Å². The lowest BCUT2D eigenvalue weighted by atomic mass is 10.1. The van der Waals surface area contributed by atoms with E-state index < -0.39 is 0 Å². The van der Waals surface area contributed by atoms with Crippen molar-refractivity contribution in [1.29, 1.82) is 0 Å². The molecule has 4 nitrogen and oxygen atoms in total. The minimum atomic E-state index is 0.00247. The highest BCUT2D eigenvalue weighted by Crippen LogP contribution is 2.08. The van der Waals surface area contributed by atoms with Gasteiger partial charge in [0.2, 0.25) is 0 Å². The van der Waals surface area contributed by atoms with Gasteiger partial charge in [0.1, 0.15) is 0 Å². The molecular formula is C17H23N3O. The first-order valence-electron chi connectivity index (χ1n) is 7.62. The molecule has 0 aliphatic carbocycles. The molecule has 0 saturated carbocycles. The van der Waals surface area contributed by atoms with Crippen LogP contribution in [-0.4, -0.2) is 22.0 Å². The molecule has 4 heteroatoms. The molecule has 2 rings (SSSR count). The van der Waals surface area contributed by atoms with Gasteiger partial charge in [-0.1, -0.05) is 25.5 Å². The fourth-order valence-electron chi connectivity index (χ4n) is 2.19. The number of carbonyl (C=O) groups is 1. The van der Waals surface area contributed by atoms with E-state index in [2.05, 4.69) is 29.4 Å². The summed E-state index contributed by atoms with van der Waals surface area (Å²) in [6.45, 7) is 3.73. The van der Waals surface area contributed by atoms with Crippen molar-refractivity contribution in [2.75, 3.05) is 6.54 Å². The van der Waals surface area contributed by atoms with Crippen molar-refractivity contribution >= 4 is 5.91 Å². The SMILES string of the molecule is CCCCc1ccc(C(=O)NCCCn2ccnc2)cc1. The summed E-state index contributed by atoms with van der Waals surface area (Å²) < 4.78 is 2.01. The third-order valence-corrected chi connectivity index (χ3v) is 3.47. The van der Waals surface area contributed by atoms with Gasteiger partial charge in [-0.15, -0.1) is 0 Å². The first-order valence-corrected chi connectivity index (χ1v) is 7.62. The van der Waals surface area contributed by atoms with E-state index in [4.69, 9.17) is 0 Å². The van der Waals surface area contributed by atoms with Gasteiger partial charge in [-0.2, -0.15) is 0 Å². The maximum atomic E-state index is 12.0. The highest BCUT2D eigenvalue weighted by atomic mass is 16.1. The summed E-state index contributed by atoms with van der Waals surface area (Å²) in [6, 6.07) is 7.93. The first-order chi connectivity index (χ1) is 10.3. The van der Waals surface area contributed by atoms with Crippen LogP contribution in [0.3, 0.4) is 0 Å². The Labute approximate surface area is 126 Å². The second-order valence-electron chi connectivity index (χ2n) is 5.21. The monoisotopic (exact) mass is 285 g/mol. The van der Waals surface area contributed by atoms with Gasteiger partial charge in [0.15, 0.2) is 0 Å². The summed E-state index contributed by atoms with van der Waals surface area (Å²) in [6.07, 6.45) is 9.85. The molecule has 0 unspecified atom stereocenters. The Morgan fingerprint density at radius 3 is 2.71 bits per heavy atom. The minimum absolute atomic E-state index is 0.00247. The third-order valence-electron chi connectivity index (χ3n) is 3.47. The maximum Gasteiger partial charge on any atom is 0.251 e. The molecule has 21 heavy (non-hydrogen) atoms. The molecule has 2 aromatic rings. The van der Waals surface area contributed by atoms with Gasteiger partial charge < -0.3 is 9.88 Å². The number of hydrogen-bond acceptors (Lipinski definition) is 2. The number of nitrogens with zero attached hydrogens (tertiary/aromatic N) is 2. The number of hydrogen-bond donors (Lipinski definition) is 1. The zero-order chi connectivity index (χ0) is 14.9. The number of unbranched alkanes of at least 4 members (excludes halogenated alkanes) is 1. The van der Waals surface area contributed by atoms with Crippen LogP contribution in [0.15, 0.2) is 43.0 Å². The van der Waals surface area contributed by atoms with E-state index in [1.54, 1.807) is 12.5 Å². The van der Waals surface area contributed by atoms with E-state index in [1.807, 2.05) is 22.9 Å². The van der Waals surface area contributed by atoms with E-state index in [1.165, 1.54) is 18.4 Å². The van der Waals surface area contributed by atoms with Crippen molar-refractivity contribution in [3.8, 4) is 0 Å². The van der Waals surface area contributed by atoms with E-state index in [9.17, 15) is 4.79 Å². The van der Waals surface area contributed by atoms with Gasteiger partial charge in [-0.05, 0) is 37.0 Å². The molecule has 0 radical (unpaired) electrons. The van der Waals surface area contributed by atoms with Crippen molar-refractivity contribution in [2.24, 2.45) is 0 Å². The predicted octanol–water partition coefficient (Wildman–Crippen LogP) is 3.05. The molecule has 1 heterocycles. The summed E-state index contributed by atoms with van der Waals surface area (Å²) in [4.78, 5) is 16.0. The number of carbonyl (C=O) groups excluding carboxylic acids is 1. The van der Waals surface area contributed by atoms with Crippen molar-refractivity contribution in [2.45, 2.75) is 39.2 Å². The van der Waals surface area contributed by atoms with Gasteiger partial charge in [0.05, 0.1) is 6.33 Å². The Bertz CT molecular complexity index is 532. The van der Waals surface area contributed by atoms with Gasteiger partial charge in [-0.3, -0.25) is 4.79 Å². The molecule has 0 saturated heterocycles. The lowest BCUT2D eigenvalue weighted by Crippen LogP contribution is -2.25. The highest BCUT2D eigenvalue weighted by molar-refractivity contribution is 5.94. The predicted molar refractivity (Wildman–Crippen MR) is 84.2 cm³/mol. The van der Waals surface area contributed by atoms with Crippen LogP contribution in [0, 0.1) is 0 Å². The maximum absolute atomic E-state index is 12.0. The van der Waals surface area contributed by atoms with E-state index >= 15 is 0 Å². The summed E-state index contributed by atoms with van der Waals surface area (Å²) in [5.74, 6) is 0.00247. The van der Waals surface area contributed by atoms with E-state index in [-0.39, 0.29) is 5.91 Å². The summed E-state index contributed by atoms with van der Waals surface area (Å²) in [5.41, 5.74) is 2.03. The Morgan fingerprint density at radius 1 is 1.24 bits per heavy atom. The number of benzene rings is 1. The van der Waals surface area contributed by atoms with Crippen molar-refractivity contribution in [3.63, 3.8) is 0 Å². The van der Waals surface area contributed by atoms with Crippen molar-refractivity contribution in [1.82, 2.24) is 14.9 Å². The van der Waals surface area contributed by atoms with E-state index in [0.29, 0.717) is 6.54 Å². The number of aryl methyl sites for hydroxylation is 2. The molecule has 1 amide bonds. The molecule has 0 atom stereocenters. The van der Waals surface area contributed by atoms with Gasteiger partial charge in [0.25, 0.3) is 5.91 Å². The molecular weight excluding hydrogens is 262 g/mol. The zero-order valence-electron chi connectivity index (χ0n) is 12.6. The van der Waals surface area contributed by atoms with Crippen LogP contribution in [0.1, 0.15) is 42.1 Å². The second kappa shape index (κ2) is 8.25. The largest absolute Gasteiger partial charge is 0.352 e. The summed E-state index contributed by atoms with van der Waals surface area (Å²) >= 11 is 0. The summed E-state index contributed by atoms with van der Waals surface area (Å²) in [5, 5.41) is 2.95. The quantitative estimate of drug-likeness (QED) is 0.758. The molecule has 0 fully saturated rings. The molecule has 0 spiro atoms. The van der Waals surface area contributed by atoms with Crippen LogP contribution < -0.4 is 5.32 Å². The number of imidazole rings is 1. The standard InChI is InChI=1S/C17H23N3O/c1-2-3-5-15-6-8-16(9-7-15)17(21)19-10-4-12-20-13-11-18-14-20/h6-9,11,13-14H,2-5,10,12H2,1H3,(H,19,21). The zero-order valence-corrected chi connectivity index (χ0v) is 12.6. The second-order valence-corrected chi connectivity index (χ2v) is 5.21. The molecule has 0 aliphatic heterocycles. The van der Waals surface area contributed by atoms with E-state index in [0.717, 1.165) is 24.9 Å². The number of aromatic nitrogens is 2. The number of rotatable bonds is 8. The minimum Gasteiger partial charge on any atom is -0.352 e. The Balaban J connectivity index is 1.72. The average molecular weight is 285 g/mol. The van der Waals surface area contributed by atoms with Crippen LogP contribution in [0.5, 0.6) is 0 Å². The lowest BCUT2D eigenvalue weighted by molar-refractivity contribution is 0.0952. The Morgan fingerprint density at radius 2 is 2.05 bits per heavy atom. The first kappa shape index (κ1) is 15.3. The van der Waals surface area contributed by atoms with Crippen LogP contribution in [0.4, 0.5) is 0 Å². The highest BCUT2D eigenvalue weighted by Gasteiger charge is 2.04. The molecule has 1 aromatic carbocycles. The smallest absolute Gasteiger partial charge is 0.251 e. The number of amides is 1. The molecule has 0 aliphatic rings. The fourth-order valence-corrected chi connectivity index (χ4v) is 2.19.